The number of aldehydes is 1. The molecule has 0 saturated heterocycles. The fourth-order valence-electron chi connectivity index (χ4n) is 4.14. The standard InChI is InChI=1S/C27H31NO/c1-4-10-24(27-18-25(19-29)21(3)28-27)17-20(2)15-16-23-13-8-9-14-26(23)22-11-6-5-7-12-22/h4,8-10,13-19,22,28H,2,5-7,11-12H2,1,3H3/b10-4-,16-15+,24-17+. The zero-order valence-electron chi connectivity index (χ0n) is 17.6. The summed E-state index contributed by atoms with van der Waals surface area (Å²) in [6.07, 6.45) is 17.9. The number of aryl methyl sites for hydroxylation is 1. The molecule has 2 nitrogen and oxygen atoms in total. The normalized spacial score (nSPS) is 16.0. The number of hydrogen-bond donors (Lipinski definition) is 1. The molecule has 0 radical (unpaired) electrons. The third-order valence-electron chi connectivity index (χ3n) is 5.70. The zero-order valence-corrected chi connectivity index (χ0v) is 17.6. The average molecular weight is 386 g/mol. The van der Waals surface area contributed by atoms with Crippen molar-refractivity contribution in [2.75, 3.05) is 0 Å². The van der Waals surface area contributed by atoms with Crippen LogP contribution in [0.25, 0.3) is 11.6 Å². The number of carbonyl (C=O) groups excluding carboxylic acids is 1. The van der Waals surface area contributed by atoms with E-state index in [0.717, 1.165) is 28.8 Å². The summed E-state index contributed by atoms with van der Waals surface area (Å²) in [5, 5.41) is 0. The topological polar surface area (TPSA) is 32.9 Å². The summed E-state index contributed by atoms with van der Waals surface area (Å²) in [5.41, 5.74) is 7.20. The Morgan fingerprint density at radius 1 is 1.10 bits per heavy atom. The number of H-pyrrole nitrogens is 1. The first-order valence-corrected chi connectivity index (χ1v) is 10.6. The van der Waals surface area contributed by atoms with Crippen LogP contribution in [0.5, 0.6) is 0 Å². The molecule has 2 aromatic rings. The van der Waals surface area contributed by atoms with E-state index in [1.807, 2.05) is 32.1 Å². The Bertz CT molecular complexity index is 949. The first kappa shape index (κ1) is 20.9. The van der Waals surface area contributed by atoms with Crippen LogP contribution in [-0.2, 0) is 0 Å². The van der Waals surface area contributed by atoms with Crippen LogP contribution < -0.4 is 0 Å². The quantitative estimate of drug-likeness (QED) is 0.390. The maximum Gasteiger partial charge on any atom is 0.151 e. The van der Waals surface area contributed by atoms with Gasteiger partial charge in [-0.3, -0.25) is 4.79 Å². The molecule has 0 amide bonds. The third kappa shape index (κ3) is 5.35. The lowest BCUT2D eigenvalue weighted by molar-refractivity contribution is 0.112. The van der Waals surface area contributed by atoms with Gasteiger partial charge < -0.3 is 4.98 Å². The van der Waals surface area contributed by atoms with Gasteiger partial charge in [0.1, 0.15) is 0 Å². The van der Waals surface area contributed by atoms with Crippen molar-refractivity contribution in [3.63, 3.8) is 0 Å². The second-order valence-corrected chi connectivity index (χ2v) is 7.85. The molecule has 0 unspecified atom stereocenters. The summed E-state index contributed by atoms with van der Waals surface area (Å²) in [6, 6.07) is 10.6. The molecule has 1 saturated carbocycles. The van der Waals surface area contributed by atoms with Crippen LogP contribution in [-0.4, -0.2) is 11.3 Å². The minimum atomic E-state index is 0.677. The van der Waals surface area contributed by atoms with Gasteiger partial charge in [0.25, 0.3) is 0 Å². The van der Waals surface area contributed by atoms with Crippen LogP contribution in [0.2, 0.25) is 0 Å². The molecule has 3 rings (SSSR count). The molecule has 1 aromatic carbocycles. The highest BCUT2D eigenvalue weighted by Gasteiger charge is 2.17. The van der Waals surface area contributed by atoms with E-state index < -0.39 is 0 Å². The van der Waals surface area contributed by atoms with Gasteiger partial charge in [0.2, 0.25) is 0 Å². The maximum absolute atomic E-state index is 11.2. The van der Waals surface area contributed by atoms with Gasteiger partial charge >= 0.3 is 0 Å². The number of carbonyl (C=O) groups is 1. The summed E-state index contributed by atoms with van der Waals surface area (Å²) in [7, 11) is 0. The van der Waals surface area contributed by atoms with Crippen molar-refractivity contribution in [1.82, 2.24) is 4.98 Å². The summed E-state index contributed by atoms with van der Waals surface area (Å²) in [4.78, 5) is 14.5. The summed E-state index contributed by atoms with van der Waals surface area (Å²) in [5.74, 6) is 0.677. The molecule has 1 N–H and O–H groups in total. The van der Waals surface area contributed by atoms with Crippen LogP contribution in [0.3, 0.4) is 0 Å². The predicted octanol–water partition coefficient (Wildman–Crippen LogP) is 7.41. The fourth-order valence-corrected chi connectivity index (χ4v) is 4.14. The molecule has 150 valence electrons. The molecule has 1 aliphatic rings. The number of nitrogens with one attached hydrogen (secondary N) is 1. The molecule has 29 heavy (non-hydrogen) atoms. The second kappa shape index (κ2) is 10.1. The number of rotatable bonds is 7. The zero-order chi connectivity index (χ0) is 20.6. The minimum Gasteiger partial charge on any atom is -0.358 e. The van der Waals surface area contributed by atoms with E-state index in [4.69, 9.17) is 0 Å². The molecular weight excluding hydrogens is 354 g/mol. The smallest absolute Gasteiger partial charge is 0.151 e. The van der Waals surface area contributed by atoms with Gasteiger partial charge in [-0.15, -0.1) is 0 Å². The van der Waals surface area contributed by atoms with Crippen molar-refractivity contribution >= 4 is 17.9 Å². The molecule has 1 aromatic heterocycles. The Labute approximate surface area is 174 Å². The molecule has 1 heterocycles. The first-order valence-electron chi connectivity index (χ1n) is 10.6. The van der Waals surface area contributed by atoms with Gasteiger partial charge in [0.15, 0.2) is 6.29 Å². The van der Waals surface area contributed by atoms with Gasteiger partial charge in [0, 0.05) is 17.0 Å². The SMILES string of the molecule is C=C(/C=C/c1ccccc1C1CCCCC1)/C=C(\C=C/C)c1cc(C=O)c(C)[nH]1. The summed E-state index contributed by atoms with van der Waals surface area (Å²) >= 11 is 0. The Morgan fingerprint density at radius 3 is 2.55 bits per heavy atom. The van der Waals surface area contributed by atoms with E-state index in [9.17, 15) is 4.79 Å². The van der Waals surface area contributed by atoms with Crippen molar-refractivity contribution in [2.24, 2.45) is 0 Å². The molecule has 0 spiro atoms. The Balaban J connectivity index is 1.83. The van der Waals surface area contributed by atoms with Crippen molar-refractivity contribution in [3.05, 3.63) is 94.9 Å². The summed E-state index contributed by atoms with van der Waals surface area (Å²) in [6.45, 7) is 8.13. The van der Waals surface area contributed by atoms with Crippen molar-refractivity contribution in [1.29, 1.82) is 0 Å². The lowest BCUT2D eigenvalue weighted by Gasteiger charge is -2.23. The predicted molar refractivity (Wildman–Crippen MR) is 124 cm³/mol. The van der Waals surface area contributed by atoms with E-state index >= 15 is 0 Å². The van der Waals surface area contributed by atoms with Gasteiger partial charge in [-0.25, -0.2) is 0 Å². The van der Waals surface area contributed by atoms with Crippen LogP contribution in [0.4, 0.5) is 0 Å². The number of benzene rings is 1. The molecule has 1 aliphatic carbocycles. The molecular formula is C27H31NO. The highest BCUT2D eigenvalue weighted by atomic mass is 16.1. The Kier molecular flexibility index (Phi) is 7.24. The molecule has 2 heteroatoms. The fraction of sp³-hybridized carbons (Fsp3) is 0.296. The maximum atomic E-state index is 11.2. The van der Waals surface area contributed by atoms with E-state index in [1.165, 1.54) is 43.2 Å². The lowest BCUT2D eigenvalue weighted by Crippen LogP contribution is -2.05. The first-order chi connectivity index (χ1) is 14.1. The van der Waals surface area contributed by atoms with E-state index in [1.54, 1.807) is 0 Å². The summed E-state index contributed by atoms with van der Waals surface area (Å²) < 4.78 is 0. The van der Waals surface area contributed by atoms with Gasteiger partial charge in [0.05, 0.1) is 0 Å². The van der Waals surface area contributed by atoms with Crippen molar-refractivity contribution in [2.45, 2.75) is 51.9 Å². The van der Waals surface area contributed by atoms with Crippen LogP contribution in [0, 0.1) is 6.92 Å². The van der Waals surface area contributed by atoms with Gasteiger partial charge in [-0.05, 0) is 67.0 Å². The van der Waals surface area contributed by atoms with E-state index in [2.05, 4.69) is 54.1 Å². The lowest BCUT2D eigenvalue weighted by atomic mass is 9.82. The number of aromatic nitrogens is 1. The monoisotopic (exact) mass is 385 g/mol. The van der Waals surface area contributed by atoms with Crippen molar-refractivity contribution in [3.8, 4) is 0 Å². The number of allylic oxidation sites excluding steroid dienone is 6. The van der Waals surface area contributed by atoms with E-state index in [-0.39, 0.29) is 0 Å². The van der Waals surface area contributed by atoms with Gasteiger partial charge in [-0.2, -0.15) is 0 Å². The van der Waals surface area contributed by atoms with Gasteiger partial charge in [-0.1, -0.05) is 74.4 Å². The average Bonchev–Trinajstić information content (AvgIpc) is 3.13. The minimum absolute atomic E-state index is 0.677. The van der Waals surface area contributed by atoms with Crippen molar-refractivity contribution < 1.29 is 4.79 Å². The highest BCUT2D eigenvalue weighted by molar-refractivity contribution is 5.82. The Hall–Kier alpha value is -2.87. The molecule has 1 fully saturated rings. The van der Waals surface area contributed by atoms with E-state index in [0.29, 0.717) is 11.5 Å². The highest BCUT2D eigenvalue weighted by Crippen LogP contribution is 2.34. The Morgan fingerprint density at radius 2 is 1.86 bits per heavy atom. The largest absolute Gasteiger partial charge is 0.358 e. The van der Waals surface area contributed by atoms with Crippen LogP contribution in [0.15, 0.2) is 66.8 Å². The number of aromatic amines is 1. The third-order valence-corrected chi connectivity index (χ3v) is 5.70. The molecule has 0 bridgehead atoms. The van der Waals surface area contributed by atoms with Crippen LogP contribution >= 0.6 is 0 Å². The second-order valence-electron chi connectivity index (χ2n) is 7.85. The molecule has 0 atom stereocenters. The molecule has 0 aliphatic heterocycles. The number of hydrogen-bond acceptors (Lipinski definition) is 1. The van der Waals surface area contributed by atoms with Crippen LogP contribution in [0.1, 0.15) is 77.8 Å².